The lowest BCUT2D eigenvalue weighted by molar-refractivity contribution is -0.161. The van der Waals surface area contributed by atoms with E-state index >= 15 is 0 Å². The fourth-order valence-corrected chi connectivity index (χ4v) is 3.97. The molecule has 2 aliphatic carbocycles. The van der Waals surface area contributed by atoms with Crippen LogP contribution in [0.25, 0.3) is 0 Å². The van der Waals surface area contributed by atoms with Crippen LogP contribution in [0, 0.1) is 22.7 Å². The van der Waals surface area contributed by atoms with Crippen LogP contribution >= 0.6 is 0 Å². The van der Waals surface area contributed by atoms with Crippen molar-refractivity contribution in [2.45, 2.75) is 53.1 Å². The highest BCUT2D eigenvalue weighted by atomic mass is 16.5. The molecule has 0 aliphatic heterocycles. The van der Waals surface area contributed by atoms with Gasteiger partial charge < -0.3 is 9.84 Å². The molecule has 4 atom stereocenters. The third-order valence-electron chi connectivity index (χ3n) is 5.75. The van der Waals surface area contributed by atoms with Gasteiger partial charge in [-0.15, -0.1) is 0 Å². The first-order valence-electron chi connectivity index (χ1n) is 7.23. The van der Waals surface area contributed by atoms with Gasteiger partial charge in [-0.3, -0.25) is 4.79 Å². The van der Waals surface area contributed by atoms with Crippen LogP contribution in [0.4, 0.5) is 0 Å². The van der Waals surface area contributed by atoms with Crippen molar-refractivity contribution in [3.8, 4) is 0 Å². The molecule has 2 rings (SSSR count). The Balaban J connectivity index is 2.46. The van der Waals surface area contributed by atoms with Gasteiger partial charge in [0.1, 0.15) is 0 Å². The van der Waals surface area contributed by atoms with Crippen molar-refractivity contribution in [2.75, 3.05) is 7.11 Å². The van der Waals surface area contributed by atoms with Gasteiger partial charge in [0.2, 0.25) is 0 Å². The Bertz CT molecular complexity index is 410. The third kappa shape index (κ3) is 1.94. The molecule has 1 N–H and O–H groups in total. The minimum atomic E-state index is -0.462. The maximum Gasteiger partial charge on any atom is 0.312 e. The molecular weight excluding hydrogens is 240 g/mol. The highest BCUT2D eigenvalue weighted by molar-refractivity contribution is 5.78. The van der Waals surface area contributed by atoms with Gasteiger partial charge in [-0.25, -0.2) is 0 Å². The van der Waals surface area contributed by atoms with Gasteiger partial charge in [0.15, 0.2) is 0 Å². The van der Waals surface area contributed by atoms with Gasteiger partial charge >= 0.3 is 5.97 Å². The SMILES string of the molecule is COC(=O)C1(C)C(C)CC=C2C1CCC(O)C2(C)C. The van der Waals surface area contributed by atoms with Crippen molar-refractivity contribution in [1.29, 1.82) is 0 Å². The molecule has 0 aromatic heterocycles. The smallest absolute Gasteiger partial charge is 0.312 e. The van der Waals surface area contributed by atoms with Crippen LogP contribution in [0.3, 0.4) is 0 Å². The predicted octanol–water partition coefficient (Wildman–Crippen LogP) is 2.93. The number of aliphatic hydroxyl groups is 1. The number of fused-ring (bicyclic) bond motifs is 1. The molecule has 0 aromatic rings. The minimum absolute atomic E-state index is 0.109. The lowest BCUT2D eigenvalue weighted by atomic mass is 9.52. The number of aliphatic hydroxyl groups excluding tert-OH is 1. The predicted molar refractivity (Wildman–Crippen MR) is 74.5 cm³/mol. The van der Waals surface area contributed by atoms with Crippen molar-refractivity contribution in [2.24, 2.45) is 22.7 Å². The number of allylic oxidation sites excluding steroid dienone is 1. The highest BCUT2D eigenvalue weighted by Crippen LogP contribution is 2.56. The maximum atomic E-state index is 12.3. The summed E-state index contributed by atoms with van der Waals surface area (Å²) >= 11 is 0. The van der Waals surface area contributed by atoms with Crippen molar-refractivity contribution in [1.82, 2.24) is 0 Å². The van der Waals surface area contributed by atoms with Crippen LogP contribution < -0.4 is 0 Å². The zero-order chi connectivity index (χ0) is 14.4. The van der Waals surface area contributed by atoms with Gasteiger partial charge in [0.25, 0.3) is 0 Å². The summed E-state index contributed by atoms with van der Waals surface area (Å²) in [5, 5.41) is 10.3. The van der Waals surface area contributed by atoms with Gasteiger partial charge in [-0.2, -0.15) is 0 Å². The summed E-state index contributed by atoms with van der Waals surface area (Å²) in [4.78, 5) is 12.3. The average Bonchev–Trinajstić information content (AvgIpc) is 2.37. The van der Waals surface area contributed by atoms with Crippen molar-refractivity contribution >= 4 is 5.97 Å². The summed E-state index contributed by atoms with van der Waals surface area (Å²) in [6.45, 7) is 8.34. The quantitative estimate of drug-likeness (QED) is 0.586. The molecule has 0 bridgehead atoms. The van der Waals surface area contributed by atoms with E-state index in [9.17, 15) is 9.90 Å². The molecule has 3 nitrogen and oxygen atoms in total. The number of hydrogen-bond acceptors (Lipinski definition) is 3. The van der Waals surface area contributed by atoms with Crippen LogP contribution in [0.15, 0.2) is 11.6 Å². The number of carbonyl (C=O) groups is 1. The fourth-order valence-electron chi connectivity index (χ4n) is 3.97. The molecule has 0 saturated heterocycles. The Hall–Kier alpha value is -0.830. The molecule has 108 valence electrons. The Morgan fingerprint density at radius 2 is 2.00 bits per heavy atom. The molecule has 1 fully saturated rings. The highest BCUT2D eigenvalue weighted by Gasteiger charge is 2.55. The molecule has 3 heteroatoms. The Kier molecular flexibility index (Phi) is 3.54. The number of carbonyl (C=O) groups excluding carboxylic acids is 1. The molecular formula is C16H26O3. The summed E-state index contributed by atoms with van der Waals surface area (Å²) in [6.07, 6.45) is 4.45. The lowest BCUT2D eigenvalue weighted by Crippen LogP contribution is -2.51. The Morgan fingerprint density at radius 3 is 2.58 bits per heavy atom. The minimum Gasteiger partial charge on any atom is -0.469 e. The standard InChI is InChI=1S/C16H26O3/c1-10-6-7-11-12(16(10,4)14(18)19-5)8-9-13(17)15(11,2)3/h7,10,12-13,17H,6,8-9H2,1-5H3. The van der Waals surface area contributed by atoms with E-state index in [2.05, 4.69) is 26.8 Å². The second kappa shape index (κ2) is 4.62. The zero-order valence-corrected chi connectivity index (χ0v) is 12.7. The molecule has 2 aliphatic rings. The van der Waals surface area contributed by atoms with Crippen molar-refractivity contribution < 1.29 is 14.6 Å². The summed E-state index contributed by atoms with van der Waals surface area (Å²) in [5.74, 6) is 0.365. The van der Waals surface area contributed by atoms with Crippen molar-refractivity contribution in [3.05, 3.63) is 11.6 Å². The average molecular weight is 266 g/mol. The topological polar surface area (TPSA) is 46.5 Å². The second-order valence-corrected chi connectivity index (χ2v) is 6.94. The van der Waals surface area contributed by atoms with Crippen molar-refractivity contribution in [3.63, 3.8) is 0 Å². The monoisotopic (exact) mass is 266 g/mol. The van der Waals surface area contributed by atoms with Crippen LogP contribution in [0.1, 0.15) is 47.0 Å². The zero-order valence-electron chi connectivity index (χ0n) is 12.7. The fraction of sp³-hybridized carbons (Fsp3) is 0.812. The van der Waals surface area contributed by atoms with E-state index in [0.29, 0.717) is 0 Å². The summed E-state index contributed by atoms with van der Waals surface area (Å²) in [7, 11) is 1.47. The molecule has 0 amide bonds. The van der Waals surface area contributed by atoms with Gasteiger partial charge in [0.05, 0.1) is 18.6 Å². The van der Waals surface area contributed by atoms with Crippen LogP contribution in [0.2, 0.25) is 0 Å². The van der Waals surface area contributed by atoms with Crippen LogP contribution in [0.5, 0.6) is 0 Å². The molecule has 0 radical (unpaired) electrons. The van der Waals surface area contributed by atoms with E-state index in [1.807, 2.05) is 6.92 Å². The van der Waals surface area contributed by atoms with E-state index < -0.39 is 5.41 Å². The van der Waals surface area contributed by atoms with E-state index in [-0.39, 0.29) is 29.3 Å². The summed E-state index contributed by atoms with van der Waals surface area (Å²) < 4.78 is 5.08. The summed E-state index contributed by atoms with van der Waals surface area (Å²) in [6, 6.07) is 0. The second-order valence-electron chi connectivity index (χ2n) is 6.94. The molecule has 1 saturated carbocycles. The van der Waals surface area contributed by atoms with Crippen LogP contribution in [-0.2, 0) is 9.53 Å². The van der Waals surface area contributed by atoms with E-state index in [1.54, 1.807) is 0 Å². The van der Waals surface area contributed by atoms with E-state index in [1.165, 1.54) is 12.7 Å². The molecule has 4 unspecified atom stereocenters. The van der Waals surface area contributed by atoms with E-state index in [4.69, 9.17) is 4.74 Å². The number of esters is 1. The molecule has 0 heterocycles. The first-order chi connectivity index (χ1) is 8.76. The number of hydrogen-bond donors (Lipinski definition) is 1. The van der Waals surface area contributed by atoms with Gasteiger partial charge in [0, 0.05) is 5.41 Å². The van der Waals surface area contributed by atoms with Gasteiger partial charge in [-0.1, -0.05) is 32.4 Å². The molecule has 19 heavy (non-hydrogen) atoms. The molecule has 0 aromatic carbocycles. The third-order valence-corrected chi connectivity index (χ3v) is 5.75. The number of methoxy groups -OCH3 is 1. The normalized spacial score (nSPS) is 41.2. The lowest BCUT2D eigenvalue weighted by Gasteiger charge is -2.52. The Morgan fingerprint density at radius 1 is 1.37 bits per heavy atom. The molecule has 0 spiro atoms. The first kappa shape index (κ1) is 14.6. The van der Waals surface area contributed by atoms with E-state index in [0.717, 1.165) is 19.3 Å². The number of ether oxygens (including phenoxy) is 1. The first-order valence-corrected chi connectivity index (χ1v) is 7.23. The maximum absolute atomic E-state index is 12.3. The summed E-state index contributed by atoms with van der Waals surface area (Å²) in [5.41, 5.74) is 0.548. The van der Waals surface area contributed by atoms with Gasteiger partial charge in [-0.05, 0) is 38.0 Å². The number of rotatable bonds is 1. The largest absolute Gasteiger partial charge is 0.469 e. The Labute approximate surface area is 116 Å². The van der Waals surface area contributed by atoms with Crippen LogP contribution in [-0.4, -0.2) is 24.3 Å².